The molecule has 0 unspecified atom stereocenters. The highest BCUT2D eigenvalue weighted by Gasteiger charge is 2.37. The van der Waals surface area contributed by atoms with E-state index >= 15 is 0 Å². The van der Waals surface area contributed by atoms with Gasteiger partial charge in [0.2, 0.25) is 5.91 Å². The van der Waals surface area contributed by atoms with E-state index in [9.17, 15) is 14.0 Å². The minimum atomic E-state index is -0.209. The van der Waals surface area contributed by atoms with Crippen molar-refractivity contribution >= 4 is 5.91 Å². The summed E-state index contributed by atoms with van der Waals surface area (Å²) in [6.07, 6.45) is 5.44. The number of hydrogen-bond acceptors (Lipinski definition) is 4. The van der Waals surface area contributed by atoms with Crippen LogP contribution in [0.1, 0.15) is 60.8 Å². The lowest BCUT2D eigenvalue weighted by Crippen LogP contribution is -2.40. The number of aromatic nitrogens is 2. The van der Waals surface area contributed by atoms with Gasteiger partial charge in [0.1, 0.15) is 11.6 Å². The maximum Gasteiger partial charge on any atom is 0.254 e. The summed E-state index contributed by atoms with van der Waals surface area (Å²) in [5.74, 6) is 0.757. The van der Waals surface area contributed by atoms with Gasteiger partial charge in [-0.25, -0.2) is 9.37 Å². The van der Waals surface area contributed by atoms with Crippen LogP contribution in [0.3, 0.4) is 0 Å². The molecule has 5 rings (SSSR count). The summed E-state index contributed by atoms with van der Waals surface area (Å²) in [4.78, 5) is 37.4. The molecule has 0 spiro atoms. The van der Waals surface area contributed by atoms with Gasteiger partial charge in [0.15, 0.2) is 0 Å². The number of hydrogen-bond donors (Lipinski definition) is 1. The Balaban J connectivity index is 1.38. The number of H-pyrrole nitrogens is 1. The fourth-order valence-corrected chi connectivity index (χ4v) is 4.88. The minimum absolute atomic E-state index is 0.0940. The number of halogens is 1. The average molecular weight is 410 g/mol. The van der Waals surface area contributed by atoms with Gasteiger partial charge in [-0.05, 0) is 38.2 Å². The maximum absolute atomic E-state index is 14.1. The van der Waals surface area contributed by atoms with Crippen LogP contribution in [-0.2, 0) is 24.3 Å². The summed E-state index contributed by atoms with van der Waals surface area (Å²) in [6.45, 7) is 2.44. The average Bonchev–Trinajstić information content (AvgIpc) is 3.18. The van der Waals surface area contributed by atoms with Crippen LogP contribution in [0.15, 0.2) is 29.1 Å². The Morgan fingerprint density at radius 2 is 2.00 bits per heavy atom. The largest absolute Gasteiger partial charge is 0.332 e. The molecule has 1 aliphatic carbocycles. The first kappa shape index (κ1) is 19.4. The van der Waals surface area contributed by atoms with E-state index in [1.165, 1.54) is 6.07 Å². The third-order valence-electron chi connectivity index (χ3n) is 6.83. The highest BCUT2D eigenvalue weighted by atomic mass is 19.1. The summed E-state index contributed by atoms with van der Waals surface area (Å²) in [5.41, 5.74) is 2.04. The molecule has 1 N–H and O–H groups in total. The second-order valence-electron chi connectivity index (χ2n) is 8.75. The Bertz CT molecular complexity index is 1020. The molecule has 2 aliphatic heterocycles. The molecular weight excluding hydrogens is 383 g/mol. The zero-order chi connectivity index (χ0) is 20.7. The van der Waals surface area contributed by atoms with E-state index in [1.54, 1.807) is 12.1 Å². The molecule has 1 aromatic carbocycles. The van der Waals surface area contributed by atoms with Gasteiger partial charge < -0.3 is 9.88 Å². The molecule has 6 nitrogen and oxygen atoms in total. The van der Waals surface area contributed by atoms with Crippen LogP contribution in [0.5, 0.6) is 0 Å². The molecule has 30 heavy (non-hydrogen) atoms. The first-order valence-corrected chi connectivity index (χ1v) is 11.0. The summed E-state index contributed by atoms with van der Waals surface area (Å²) < 4.78 is 14.1. The van der Waals surface area contributed by atoms with Crippen LogP contribution >= 0.6 is 0 Å². The van der Waals surface area contributed by atoms with Crippen molar-refractivity contribution in [2.24, 2.45) is 5.92 Å². The number of aromatic amines is 1. The van der Waals surface area contributed by atoms with Crippen molar-refractivity contribution in [3.05, 3.63) is 63.1 Å². The number of benzene rings is 1. The van der Waals surface area contributed by atoms with Gasteiger partial charge >= 0.3 is 0 Å². The predicted molar refractivity (Wildman–Crippen MR) is 110 cm³/mol. The summed E-state index contributed by atoms with van der Waals surface area (Å²) in [5, 5.41) is 0. The second-order valence-corrected chi connectivity index (χ2v) is 8.75. The van der Waals surface area contributed by atoms with Crippen LogP contribution in [0.2, 0.25) is 0 Å². The molecule has 1 saturated heterocycles. The normalized spacial score (nSPS) is 22.0. The molecule has 1 saturated carbocycles. The number of carbonyl (C=O) groups excluding carboxylic acids is 1. The summed E-state index contributed by atoms with van der Waals surface area (Å²) >= 11 is 0. The molecule has 2 fully saturated rings. The van der Waals surface area contributed by atoms with E-state index in [-0.39, 0.29) is 29.2 Å². The van der Waals surface area contributed by atoms with E-state index in [0.29, 0.717) is 37.4 Å². The molecule has 1 aromatic heterocycles. The van der Waals surface area contributed by atoms with E-state index in [4.69, 9.17) is 4.98 Å². The van der Waals surface area contributed by atoms with Crippen molar-refractivity contribution in [1.82, 2.24) is 19.8 Å². The second kappa shape index (κ2) is 7.95. The number of fused-ring (bicyclic) bond motifs is 1. The van der Waals surface area contributed by atoms with Crippen LogP contribution < -0.4 is 5.56 Å². The summed E-state index contributed by atoms with van der Waals surface area (Å²) in [6, 6.07) is 6.66. The van der Waals surface area contributed by atoms with Gasteiger partial charge in [0.25, 0.3) is 5.56 Å². The Hall–Kier alpha value is -2.54. The van der Waals surface area contributed by atoms with Gasteiger partial charge in [-0.2, -0.15) is 0 Å². The Labute approximate surface area is 175 Å². The number of rotatable bonds is 4. The quantitative estimate of drug-likeness (QED) is 0.842. The van der Waals surface area contributed by atoms with E-state index in [1.807, 2.05) is 11.0 Å². The van der Waals surface area contributed by atoms with Crippen LogP contribution in [0.25, 0.3) is 0 Å². The fraction of sp³-hybridized carbons (Fsp3) is 0.522. The van der Waals surface area contributed by atoms with Crippen molar-refractivity contribution in [3.8, 4) is 0 Å². The number of nitrogens with zero attached hydrogens (tertiary/aromatic N) is 3. The Morgan fingerprint density at radius 3 is 2.77 bits per heavy atom. The van der Waals surface area contributed by atoms with Crippen molar-refractivity contribution < 1.29 is 9.18 Å². The first-order valence-electron chi connectivity index (χ1n) is 11.0. The van der Waals surface area contributed by atoms with E-state index in [0.717, 1.165) is 49.9 Å². The third kappa shape index (κ3) is 3.55. The number of amides is 1. The first-order chi connectivity index (χ1) is 14.6. The van der Waals surface area contributed by atoms with Crippen LogP contribution in [0, 0.1) is 11.7 Å². The Morgan fingerprint density at radius 1 is 1.17 bits per heavy atom. The zero-order valence-corrected chi connectivity index (χ0v) is 17.1. The van der Waals surface area contributed by atoms with Crippen molar-refractivity contribution in [2.75, 3.05) is 13.1 Å². The smallest absolute Gasteiger partial charge is 0.254 e. The number of carbonyl (C=O) groups is 1. The van der Waals surface area contributed by atoms with Gasteiger partial charge in [-0.3, -0.25) is 14.5 Å². The topological polar surface area (TPSA) is 69.3 Å². The highest BCUT2D eigenvalue weighted by molar-refractivity contribution is 5.80. The molecule has 158 valence electrons. The van der Waals surface area contributed by atoms with E-state index < -0.39 is 0 Å². The molecule has 2 aromatic rings. The molecule has 7 heteroatoms. The molecule has 1 amide bonds. The lowest BCUT2D eigenvalue weighted by Gasteiger charge is -2.33. The molecule has 1 atom stereocenters. The molecule has 3 heterocycles. The fourth-order valence-electron chi connectivity index (χ4n) is 4.88. The van der Waals surface area contributed by atoms with Gasteiger partial charge in [-0.15, -0.1) is 0 Å². The van der Waals surface area contributed by atoms with Crippen LogP contribution in [0.4, 0.5) is 4.39 Å². The van der Waals surface area contributed by atoms with Gasteiger partial charge in [0.05, 0.1) is 11.7 Å². The van der Waals surface area contributed by atoms with Crippen molar-refractivity contribution in [1.29, 1.82) is 0 Å². The highest BCUT2D eigenvalue weighted by Crippen LogP contribution is 2.36. The minimum Gasteiger partial charge on any atom is -0.332 e. The monoisotopic (exact) mass is 410 g/mol. The number of likely N-dealkylation sites (tertiary alicyclic amines) is 1. The van der Waals surface area contributed by atoms with Crippen molar-refractivity contribution in [3.63, 3.8) is 0 Å². The van der Waals surface area contributed by atoms with Gasteiger partial charge in [-0.1, -0.05) is 24.6 Å². The maximum atomic E-state index is 14.1. The number of nitrogens with one attached hydrogen (secondary N) is 1. The third-order valence-corrected chi connectivity index (χ3v) is 6.83. The summed E-state index contributed by atoms with van der Waals surface area (Å²) in [7, 11) is 0. The molecule has 0 bridgehead atoms. The molecule has 0 radical (unpaired) electrons. The van der Waals surface area contributed by atoms with Crippen molar-refractivity contribution in [2.45, 2.75) is 57.7 Å². The molecule has 3 aliphatic rings. The predicted octanol–water partition coefficient (Wildman–Crippen LogP) is 2.93. The lowest BCUT2D eigenvalue weighted by molar-refractivity contribution is -0.139. The Kier molecular flexibility index (Phi) is 5.15. The SMILES string of the molecule is O=C(C1CCC1)N1CCC[C@H]1c1nc2c(c(=O)[nH]1)CCN(Cc1ccccc1F)C2. The molecular formula is C23H27FN4O2. The standard InChI is InChI=1S/C23H27FN4O2/c24-18-8-2-1-5-16(18)13-27-12-10-17-19(14-27)25-21(26-22(17)29)20-9-4-11-28(20)23(30)15-6-3-7-15/h1-2,5,8,15,20H,3-4,6-7,9-14H2,(H,25,26,29)/t20-/m0/s1. The zero-order valence-electron chi connectivity index (χ0n) is 17.1. The lowest BCUT2D eigenvalue weighted by atomic mass is 9.84. The van der Waals surface area contributed by atoms with Crippen LogP contribution in [-0.4, -0.2) is 38.8 Å². The van der Waals surface area contributed by atoms with E-state index in [2.05, 4.69) is 9.88 Å². The van der Waals surface area contributed by atoms with Gasteiger partial charge in [0, 0.05) is 43.2 Å².